The number of rotatable bonds is 5. The third kappa shape index (κ3) is 5.43. The second-order valence-corrected chi connectivity index (χ2v) is 10.2. The number of carbonyl (C=O) groups excluding carboxylic acids is 3. The Hall–Kier alpha value is -2.46. The fourth-order valence-corrected chi connectivity index (χ4v) is 5.16. The van der Waals surface area contributed by atoms with E-state index in [4.69, 9.17) is 16.3 Å². The van der Waals surface area contributed by atoms with Crippen LogP contribution in [0.25, 0.3) is 6.08 Å². The van der Waals surface area contributed by atoms with Gasteiger partial charge in [-0.3, -0.25) is 14.9 Å². The Morgan fingerprint density at radius 1 is 0.941 bits per heavy atom. The lowest BCUT2D eigenvalue weighted by molar-refractivity contribution is -0.122. The van der Waals surface area contributed by atoms with Crippen molar-refractivity contribution >= 4 is 89.0 Å². The van der Waals surface area contributed by atoms with Gasteiger partial charge in [0.2, 0.25) is 0 Å². The van der Waals surface area contributed by atoms with Crippen LogP contribution in [0.1, 0.15) is 11.1 Å². The number of urea groups is 1. The first-order valence-electron chi connectivity index (χ1n) is 9.76. The molecule has 6 nitrogen and oxygen atoms in total. The van der Waals surface area contributed by atoms with E-state index in [1.807, 2.05) is 18.2 Å². The normalized spacial score (nSPS) is 15.0. The van der Waals surface area contributed by atoms with Crippen molar-refractivity contribution in [1.29, 1.82) is 0 Å². The summed E-state index contributed by atoms with van der Waals surface area (Å²) in [6, 6.07) is 16.6. The summed E-state index contributed by atoms with van der Waals surface area (Å²) in [6.07, 6.45) is 1.42. The lowest BCUT2D eigenvalue weighted by atomic mass is 10.1. The van der Waals surface area contributed by atoms with Crippen LogP contribution in [-0.2, 0) is 16.2 Å². The number of imide groups is 2. The maximum Gasteiger partial charge on any atom is 0.335 e. The van der Waals surface area contributed by atoms with Crippen molar-refractivity contribution in [2.75, 3.05) is 4.90 Å². The maximum atomic E-state index is 13.1. The van der Waals surface area contributed by atoms with Crippen molar-refractivity contribution in [1.82, 2.24) is 5.32 Å². The van der Waals surface area contributed by atoms with Crippen LogP contribution in [0.15, 0.2) is 79.7 Å². The summed E-state index contributed by atoms with van der Waals surface area (Å²) in [6.45, 7) is 0.295. The van der Waals surface area contributed by atoms with Crippen molar-refractivity contribution < 1.29 is 19.1 Å². The largest absolute Gasteiger partial charge is 0.487 e. The monoisotopic (exact) mass is 666 g/mol. The van der Waals surface area contributed by atoms with E-state index in [0.717, 1.165) is 14.9 Å². The summed E-state index contributed by atoms with van der Waals surface area (Å²) in [4.78, 5) is 38.8. The topological polar surface area (TPSA) is 75.7 Å². The average molecular weight is 670 g/mol. The molecular weight excluding hydrogens is 655 g/mol. The van der Waals surface area contributed by atoms with Crippen molar-refractivity contribution in [2.24, 2.45) is 0 Å². The van der Waals surface area contributed by atoms with E-state index in [2.05, 4.69) is 53.1 Å². The Morgan fingerprint density at radius 2 is 1.62 bits per heavy atom. The van der Waals surface area contributed by atoms with Gasteiger partial charge in [0.1, 0.15) is 17.9 Å². The summed E-state index contributed by atoms with van der Waals surface area (Å²) in [5.74, 6) is -0.935. The Balaban J connectivity index is 1.60. The van der Waals surface area contributed by atoms with Crippen LogP contribution in [-0.4, -0.2) is 17.8 Å². The molecule has 4 amide bonds. The van der Waals surface area contributed by atoms with Gasteiger partial charge in [0.25, 0.3) is 11.8 Å². The minimum Gasteiger partial charge on any atom is -0.487 e. The molecule has 0 radical (unpaired) electrons. The molecule has 1 saturated heterocycles. The average Bonchev–Trinajstić information content (AvgIpc) is 2.77. The number of nitrogens with one attached hydrogen (secondary N) is 1. The van der Waals surface area contributed by atoms with Crippen LogP contribution >= 0.6 is 59.4 Å². The molecule has 3 aromatic rings. The Labute approximate surface area is 225 Å². The number of ether oxygens (including phenoxy) is 1. The fourth-order valence-electron chi connectivity index (χ4n) is 3.23. The molecule has 10 heteroatoms. The highest BCUT2D eigenvalue weighted by Gasteiger charge is 2.36. The second kappa shape index (κ2) is 10.4. The molecule has 0 bridgehead atoms. The van der Waals surface area contributed by atoms with Gasteiger partial charge in [-0.15, -0.1) is 0 Å². The summed E-state index contributed by atoms with van der Waals surface area (Å²) >= 11 is 16.3. The van der Waals surface area contributed by atoms with Gasteiger partial charge in [-0.25, -0.2) is 9.69 Å². The van der Waals surface area contributed by atoms with Crippen LogP contribution in [0.3, 0.4) is 0 Å². The number of amides is 4. The molecule has 0 atom stereocenters. The molecule has 0 aliphatic carbocycles. The number of carbonyl (C=O) groups is 3. The molecule has 34 heavy (non-hydrogen) atoms. The number of nitrogens with zero attached hydrogens (tertiary/aromatic N) is 1. The van der Waals surface area contributed by atoms with Crippen LogP contribution in [0.5, 0.6) is 5.75 Å². The molecule has 1 N–H and O–H groups in total. The molecular formula is C24H14Br3ClN2O4. The second-order valence-electron chi connectivity index (χ2n) is 7.17. The molecule has 1 aliphatic rings. The van der Waals surface area contributed by atoms with E-state index in [9.17, 15) is 14.4 Å². The maximum absolute atomic E-state index is 13.1. The summed E-state index contributed by atoms with van der Waals surface area (Å²) in [5.41, 5.74) is 1.63. The number of barbiturate groups is 1. The quantitative estimate of drug-likeness (QED) is 0.238. The molecule has 0 aromatic heterocycles. The smallest absolute Gasteiger partial charge is 0.335 e. The zero-order valence-electron chi connectivity index (χ0n) is 17.2. The standard InChI is InChI=1S/C24H14Br3ClN2O4/c25-15-4-6-17(7-5-15)30-23(32)18(22(31)29-24(30)33)9-14-10-19(26)21(20(27)11-14)34-12-13-2-1-3-16(28)8-13/h1-11H,12H2,(H,29,31,33)/b18-9+. The third-order valence-corrected chi connectivity index (χ3v) is 6.73. The van der Waals surface area contributed by atoms with Crippen molar-refractivity contribution in [3.63, 3.8) is 0 Å². The van der Waals surface area contributed by atoms with Gasteiger partial charge in [0, 0.05) is 9.50 Å². The fraction of sp³-hybridized carbons (Fsp3) is 0.0417. The van der Waals surface area contributed by atoms with E-state index in [0.29, 0.717) is 37.6 Å². The molecule has 1 fully saturated rings. The Kier molecular flexibility index (Phi) is 7.57. The highest BCUT2D eigenvalue weighted by Crippen LogP contribution is 2.36. The first kappa shape index (κ1) is 24.7. The van der Waals surface area contributed by atoms with E-state index in [1.165, 1.54) is 6.08 Å². The van der Waals surface area contributed by atoms with E-state index in [-0.39, 0.29) is 5.57 Å². The molecule has 1 aliphatic heterocycles. The van der Waals surface area contributed by atoms with Gasteiger partial charge in [0.15, 0.2) is 0 Å². The predicted molar refractivity (Wildman–Crippen MR) is 141 cm³/mol. The van der Waals surface area contributed by atoms with Crippen LogP contribution in [0, 0.1) is 0 Å². The molecule has 4 rings (SSSR count). The summed E-state index contributed by atoms with van der Waals surface area (Å²) in [5, 5.41) is 2.83. The van der Waals surface area contributed by atoms with E-state index in [1.54, 1.807) is 42.5 Å². The van der Waals surface area contributed by atoms with Crippen molar-refractivity contribution in [3.05, 3.63) is 95.8 Å². The van der Waals surface area contributed by atoms with Gasteiger partial charge in [-0.05, 0) is 97.6 Å². The predicted octanol–water partition coefficient (Wildman–Crippen LogP) is 6.87. The van der Waals surface area contributed by atoms with Crippen molar-refractivity contribution in [2.45, 2.75) is 6.61 Å². The van der Waals surface area contributed by atoms with Gasteiger partial charge >= 0.3 is 6.03 Å². The number of benzene rings is 3. The highest BCUT2D eigenvalue weighted by molar-refractivity contribution is 9.11. The van der Waals surface area contributed by atoms with E-state index < -0.39 is 17.8 Å². The molecule has 0 saturated carbocycles. The van der Waals surface area contributed by atoms with Crippen LogP contribution in [0.4, 0.5) is 10.5 Å². The van der Waals surface area contributed by atoms with Crippen LogP contribution in [0.2, 0.25) is 5.02 Å². The number of anilines is 1. The summed E-state index contributed by atoms with van der Waals surface area (Å²) < 4.78 is 7.93. The van der Waals surface area contributed by atoms with Gasteiger partial charge in [0.05, 0.1) is 14.6 Å². The Bertz CT molecular complexity index is 1320. The molecule has 172 valence electrons. The minimum absolute atomic E-state index is 0.172. The number of hydrogen-bond acceptors (Lipinski definition) is 4. The minimum atomic E-state index is -0.804. The number of hydrogen-bond donors (Lipinski definition) is 1. The molecule has 3 aromatic carbocycles. The van der Waals surface area contributed by atoms with Gasteiger partial charge < -0.3 is 4.74 Å². The highest BCUT2D eigenvalue weighted by atomic mass is 79.9. The third-order valence-electron chi connectivity index (χ3n) is 4.79. The molecule has 0 spiro atoms. The zero-order chi connectivity index (χ0) is 24.4. The van der Waals surface area contributed by atoms with Gasteiger partial charge in [-0.2, -0.15) is 0 Å². The number of halogens is 4. The lowest BCUT2D eigenvalue weighted by Gasteiger charge is -2.26. The Morgan fingerprint density at radius 3 is 2.26 bits per heavy atom. The molecule has 1 heterocycles. The lowest BCUT2D eigenvalue weighted by Crippen LogP contribution is -2.54. The van der Waals surface area contributed by atoms with Gasteiger partial charge in [-0.1, -0.05) is 39.7 Å². The zero-order valence-corrected chi connectivity index (χ0v) is 22.7. The first-order valence-corrected chi connectivity index (χ1v) is 12.5. The van der Waals surface area contributed by atoms with Crippen LogP contribution < -0.4 is 15.0 Å². The van der Waals surface area contributed by atoms with Crippen molar-refractivity contribution in [3.8, 4) is 5.75 Å². The van der Waals surface area contributed by atoms with E-state index >= 15 is 0 Å². The first-order chi connectivity index (χ1) is 16.2. The molecule has 0 unspecified atom stereocenters. The summed E-state index contributed by atoms with van der Waals surface area (Å²) in [7, 11) is 0. The SMILES string of the molecule is O=C1NC(=O)N(c2ccc(Br)cc2)C(=O)/C1=C/c1cc(Br)c(OCc2cccc(Cl)c2)c(Br)c1.